The second-order valence-electron chi connectivity index (χ2n) is 5.18. The van der Waals surface area contributed by atoms with Gasteiger partial charge in [-0.1, -0.05) is 20.8 Å². The van der Waals surface area contributed by atoms with Crippen LogP contribution in [0.3, 0.4) is 0 Å². The van der Waals surface area contributed by atoms with E-state index in [1.165, 1.54) is 0 Å². The first kappa shape index (κ1) is 9.81. The lowest BCUT2D eigenvalue weighted by atomic mass is 10.1. The minimum Gasteiger partial charge on any atom is -0.370 e. The molecule has 3 heteroatoms. The Kier molecular flexibility index (Phi) is 2.20. The molecule has 2 N–H and O–H groups in total. The van der Waals surface area contributed by atoms with E-state index >= 15 is 0 Å². The van der Waals surface area contributed by atoms with E-state index < -0.39 is 0 Å². The Hall–Kier alpha value is -0.730. The molecule has 1 saturated carbocycles. The van der Waals surface area contributed by atoms with Crippen molar-refractivity contribution in [2.75, 3.05) is 19.6 Å². The van der Waals surface area contributed by atoms with Gasteiger partial charge in [-0.05, 0) is 23.7 Å². The quantitative estimate of drug-likeness (QED) is 0.533. The number of likely N-dealkylation sites (tertiary alicyclic amines) is 1. The van der Waals surface area contributed by atoms with Gasteiger partial charge in [0.2, 0.25) is 0 Å². The summed E-state index contributed by atoms with van der Waals surface area (Å²) in [4.78, 5) is 6.59. The molecule has 0 aromatic heterocycles. The summed E-state index contributed by atoms with van der Waals surface area (Å²) in [5.41, 5.74) is 6.48. The molecule has 0 aromatic rings. The van der Waals surface area contributed by atoms with Crippen LogP contribution in [-0.4, -0.2) is 30.5 Å². The SMILES string of the molecule is CCCN=C(N)N1CC2C(C1)C2(C)C. The summed E-state index contributed by atoms with van der Waals surface area (Å²) in [7, 11) is 0. The first-order valence-electron chi connectivity index (χ1n) is 5.62. The number of fused-ring (bicyclic) bond motifs is 1. The van der Waals surface area contributed by atoms with Crippen LogP contribution in [0.15, 0.2) is 4.99 Å². The monoisotopic (exact) mass is 195 g/mol. The van der Waals surface area contributed by atoms with Gasteiger partial charge in [0.05, 0.1) is 0 Å². The maximum absolute atomic E-state index is 5.91. The van der Waals surface area contributed by atoms with Gasteiger partial charge in [-0.3, -0.25) is 4.99 Å². The van der Waals surface area contributed by atoms with Gasteiger partial charge in [0.25, 0.3) is 0 Å². The van der Waals surface area contributed by atoms with Crippen molar-refractivity contribution in [1.82, 2.24) is 4.90 Å². The zero-order valence-electron chi connectivity index (χ0n) is 9.45. The number of rotatable bonds is 2. The first-order chi connectivity index (χ1) is 6.57. The molecule has 0 aromatic carbocycles. The molecule has 1 aliphatic carbocycles. The maximum atomic E-state index is 5.91. The summed E-state index contributed by atoms with van der Waals surface area (Å²) >= 11 is 0. The third-order valence-electron chi connectivity index (χ3n) is 3.94. The number of nitrogens with two attached hydrogens (primary N) is 1. The lowest BCUT2D eigenvalue weighted by Crippen LogP contribution is -2.38. The van der Waals surface area contributed by atoms with E-state index in [4.69, 9.17) is 5.73 Å². The molecule has 1 aliphatic heterocycles. The van der Waals surface area contributed by atoms with Crippen molar-refractivity contribution < 1.29 is 0 Å². The highest BCUT2D eigenvalue weighted by Crippen LogP contribution is 2.61. The smallest absolute Gasteiger partial charge is 0.191 e. The largest absolute Gasteiger partial charge is 0.370 e. The average molecular weight is 195 g/mol. The average Bonchev–Trinajstić information content (AvgIpc) is 2.57. The van der Waals surface area contributed by atoms with Gasteiger partial charge in [-0.2, -0.15) is 0 Å². The van der Waals surface area contributed by atoms with E-state index in [0.717, 1.165) is 43.9 Å². The highest BCUT2D eigenvalue weighted by molar-refractivity contribution is 5.78. The molecule has 1 heterocycles. The highest BCUT2D eigenvalue weighted by Gasteiger charge is 2.62. The van der Waals surface area contributed by atoms with Crippen molar-refractivity contribution in [2.45, 2.75) is 27.2 Å². The molecule has 1 saturated heterocycles. The Morgan fingerprint density at radius 3 is 2.50 bits per heavy atom. The van der Waals surface area contributed by atoms with Crippen molar-refractivity contribution in [1.29, 1.82) is 0 Å². The molecule has 0 spiro atoms. The predicted octanol–water partition coefficient (Wildman–Crippen LogP) is 1.30. The second-order valence-corrected chi connectivity index (χ2v) is 5.18. The van der Waals surface area contributed by atoms with Crippen LogP contribution >= 0.6 is 0 Å². The van der Waals surface area contributed by atoms with E-state index in [1.807, 2.05) is 0 Å². The van der Waals surface area contributed by atoms with Gasteiger partial charge in [0.15, 0.2) is 5.96 Å². The van der Waals surface area contributed by atoms with E-state index in [-0.39, 0.29) is 0 Å². The predicted molar refractivity (Wildman–Crippen MR) is 59.1 cm³/mol. The molecule has 0 radical (unpaired) electrons. The van der Waals surface area contributed by atoms with Gasteiger partial charge < -0.3 is 10.6 Å². The van der Waals surface area contributed by atoms with Crippen molar-refractivity contribution in [3.8, 4) is 0 Å². The van der Waals surface area contributed by atoms with Crippen LogP contribution in [0.1, 0.15) is 27.2 Å². The minimum absolute atomic E-state index is 0.571. The van der Waals surface area contributed by atoms with Gasteiger partial charge in [0, 0.05) is 19.6 Å². The second kappa shape index (κ2) is 3.14. The molecule has 0 bridgehead atoms. The Morgan fingerprint density at radius 1 is 1.43 bits per heavy atom. The van der Waals surface area contributed by atoms with Crippen LogP contribution in [0.25, 0.3) is 0 Å². The van der Waals surface area contributed by atoms with Crippen molar-refractivity contribution >= 4 is 5.96 Å². The topological polar surface area (TPSA) is 41.6 Å². The Balaban J connectivity index is 1.87. The summed E-state index contributed by atoms with van der Waals surface area (Å²) in [6, 6.07) is 0. The normalized spacial score (nSPS) is 34.5. The van der Waals surface area contributed by atoms with Gasteiger partial charge in [-0.15, -0.1) is 0 Å². The molecule has 3 nitrogen and oxygen atoms in total. The van der Waals surface area contributed by atoms with Crippen LogP contribution in [0.4, 0.5) is 0 Å². The maximum Gasteiger partial charge on any atom is 0.191 e. The van der Waals surface area contributed by atoms with Crippen LogP contribution in [0, 0.1) is 17.3 Å². The fraction of sp³-hybridized carbons (Fsp3) is 0.909. The lowest BCUT2D eigenvalue weighted by molar-refractivity contribution is 0.358. The number of guanidine groups is 1. The highest BCUT2D eigenvalue weighted by atomic mass is 15.3. The summed E-state index contributed by atoms with van der Waals surface area (Å²) in [6.07, 6.45) is 1.08. The van der Waals surface area contributed by atoms with E-state index in [9.17, 15) is 0 Å². The number of piperidine rings is 1. The van der Waals surface area contributed by atoms with Crippen LogP contribution in [0.2, 0.25) is 0 Å². The van der Waals surface area contributed by atoms with Crippen molar-refractivity contribution in [2.24, 2.45) is 28.0 Å². The lowest BCUT2D eigenvalue weighted by Gasteiger charge is -2.22. The van der Waals surface area contributed by atoms with E-state index in [0.29, 0.717) is 5.41 Å². The molecule has 0 amide bonds. The summed E-state index contributed by atoms with van der Waals surface area (Å²) in [6.45, 7) is 9.95. The van der Waals surface area contributed by atoms with Gasteiger partial charge in [-0.25, -0.2) is 0 Å². The van der Waals surface area contributed by atoms with Crippen LogP contribution < -0.4 is 5.73 Å². The third kappa shape index (κ3) is 1.39. The molecular weight excluding hydrogens is 174 g/mol. The van der Waals surface area contributed by atoms with Crippen LogP contribution in [-0.2, 0) is 0 Å². The first-order valence-corrected chi connectivity index (χ1v) is 5.62. The summed E-state index contributed by atoms with van der Waals surface area (Å²) in [5, 5.41) is 0. The molecule has 2 aliphatic rings. The summed E-state index contributed by atoms with van der Waals surface area (Å²) < 4.78 is 0. The number of nitrogens with zero attached hydrogens (tertiary/aromatic N) is 2. The Labute approximate surface area is 86.4 Å². The van der Waals surface area contributed by atoms with E-state index in [2.05, 4.69) is 30.7 Å². The number of hydrogen-bond donors (Lipinski definition) is 1. The fourth-order valence-corrected chi connectivity index (χ4v) is 2.65. The standard InChI is InChI=1S/C11H21N3/c1-4-5-13-10(12)14-6-8-9(7-14)11(8,2)3/h8-9H,4-7H2,1-3H3,(H2,12,13). The molecule has 14 heavy (non-hydrogen) atoms. The number of aliphatic imine (C=N–C) groups is 1. The molecule has 2 atom stereocenters. The van der Waals surface area contributed by atoms with Crippen molar-refractivity contribution in [3.05, 3.63) is 0 Å². The third-order valence-corrected chi connectivity index (χ3v) is 3.94. The molecule has 2 rings (SSSR count). The zero-order valence-corrected chi connectivity index (χ0v) is 9.45. The van der Waals surface area contributed by atoms with E-state index in [1.54, 1.807) is 0 Å². The minimum atomic E-state index is 0.571. The zero-order chi connectivity index (χ0) is 10.3. The van der Waals surface area contributed by atoms with Crippen LogP contribution in [0.5, 0.6) is 0 Å². The molecule has 2 fully saturated rings. The molecular formula is C11H21N3. The summed E-state index contributed by atoms with van der Waals surface area (Å²) in [5.74, 6) is 2.48. The Bertz CT molecular complexity index is 243. The fourth-order valence-electron chi connectivity index (χ4n) is 2.65. The Morgan fingerprint density at radius 2 is 2.00 bits per heavy atom. The molecule has 2 unspecified atom stereocenters. The number of hydrogen-bond acceptors (Lipinski definition) is 1. The molecule has 80 valence electrons. The van der Waals surface area contributed by atoms with Gasteiger partial charge in [0.1, 0.15) is 0 Å². The van der Waals surface area contributed by atoms with Crippen molar-refractivity contribution in [3.63, 3.8) is 0 Å². The van der Waals surface area contributed by atoms with Gasteiger partial charge >= 0.3 is 0 Å².